The number of nitrogens with two attached hydrogens (primary N) is 1. The Bertz CT molecular complexity index is 604. The van der Waals surface area contributed by atoms with Crippen molar-refractivity contribution in [3.05, 3.63) is 52.4 Å². The van der Waals surface area contributed by atoms with Crippen molar-refractivity contribution in [2.24, 2.45) is 0 Å². The second kappa shape index (κ2) is 5.14. The Hall–Kier alpha value is -1.95. The molecule has 92 valence electrons. The van der Waals surface area contributed by atoms with Crippen molar-refractivity contribution >= 4 is 33.3 Å². The van der Waals surface area contributed by atoms with Crippen molar-refractivity contribution < 1.29 is 9.18 Å². The van der Waals surface area contributed by atoms with Gasteiger partial charge in [0.1, 0.15) is 5.82 Å². The molecule has 1 aromatic heterocycles. The van der Waals surface area contributed by atoms with E-state index in [9.17, 15) is 9.18 Å². The number of carbonyl (C=O) groups is 1. The van der Waals surface area contributed by atoms with Crippen LogP contribution >= 0.6 is 15.9 Å². The number of benzene rings is 1. The van der Waals surface area contributed by atoms with E-state index in [0.717, 1.165) is 0 Å². The van der Waals surface area contributed by atoms with E-state index in [-0.39, 0.29) is 5.82 Å². The van der Waals surface area contributed by atoms with Crippen LogP contribution in [0.1, 0.15) is 10.4 Å². The summed E-state index contributed by atoms with van der Waals surface area (Å²) in [6, 6.07) is 8.97. The molecule has 0 aliphatic heterocycles. The zero-order valence-corrected chi connectivity index (χ0v) is 10.7. The third-order valence-corrected chi connectivity index (χ3v) is 2.94. The van der Waals surface area contributed by atoms with E-state index in [2.05, 4.69) is 26.2 Å². The molecule has 0 aliphatic carbocycles. The molecule has 0 fully saturated rings. The van der Waals surface area contributed by atoms with Gasteiger partial charge in [0.05, 0.1) is 0 Å². The molecule has 1 heterocycles. The Labute approximate surface area is 111 Å². The van der Waals surface area contributed by atoms with Crippen LogP contribution in [0, 0.1) is 5.95 Å². The smallest absolute Gasteiger partial charge is 0.256 e. The molecule has 0 saturated carbocycles. The largest absolute Gasteiger partial charge is 0.398 e. The van der Waals surface area contributed by atoms with Crippen molar-refractivity contribution in [3.8, 4) is 0 Å². The number of halogens is 2. The Morgan fingerprint density at radius 2 is 2.11 bits per heavy atom. The van der Waals surface area contributed by atoms with Gasteiger partial charge in [-0.2, -0.15) is 4.39 Å². The lowest BCUT2D eigenvalue weighted by atomic mass is 10.2. The van der Waals surface area contributed by atoms with Crippen molar-refractivity contribution in [2.75, 3.05) is 11.1 Å². The van der Waals surface area contributed by atoms with Crippen LogP contribution < -0.4 is 11.1 Å². The Balaban J connectivity index is 2.19. The highest BCUT2D eigenvalue weighted by atomic mass is 79.9. The highest BCUT2D eigenvalue weighted by molar-refractivity contribution is 9.10. The molecule has 0 spiro atoms. The number of rotatable bonds is 2. The van der Waals surface area contributed by atoms with Gasteiger partial charge in [0, 0.05) is 15.7 Å². The van der Waals surface area contributed by atoms with Crippen LogP contribution in [-0.4, -0.2) is 10.9 Å². The Kier molecular flexibility index (Phi) is 3.57. The quantitative estimate of drug-likeness (QED) is 0.662. The van der Waals surface area contributed by atoms with E-state index in [0.29, 0.717) is 15.7 Å². The highest BCUT2D eigenvalue weighted by Crippen LogP contribution is 2.20. The number of anilines is 2. The normalized spacial score (nSPS) is 10.1. The molecule has 2 rings (SSSR count). The van der Waals surface area contributed by atoms with Crippen LogP contribution in [-0.2, 0) is 0 Å². The lowest BCUT2D eigenvalue weighted by Gasteiger charge is -2.05. The number of hydrogen-bond acceptors (Lipinski definition) is 3. The topological polar surface area (TPSA) is 68.0 Å². The van der Waals surface area contributed by atoms with Gasteiger partial charge < -0.3 is 11.1 Å². The van der Waals surface area contributed by atoms with E-state index in [1.54, 1.807) is 12.1 Å². The minimum atomic E-state index is -0.650. The van der Waals surface area contributed by atoms with Gasteiger partial charge in [-0.15, -0.1) is 0 Å². The second-order valence-electron chi connectivity index (χ2n) is 3.54. The average molecular weight is 310 g/mol. The van der Waals surface area contributed by atoms with Crippen molar-refractivity contribution in [2.45, 2.75) is 0 Å². The molecule has 0 saturated heterocycles. The van der Waals surface area contributed by atoms with Gasteiger partial charge in [-0.25, -0.2) is 4.98 Å². The highest BCUT2D eigenvalue weighted by Gasteiger charge is 2.08. The molecule has 0 unspecified atom stereocenters. The van der Waals surface area contributed by atoms with Crippen LogP contribution in [0.25, 0.3) is 0 Å². The Morgan fingerprint density at radius 1 is 1.33 bits per heavy atom. The van der Waals surface area contributed by atoms with Crippen LogP contribution in [0.15, 0.2) is 40.9 Å². The number of carbonyl (C=O) groups excluding carboxylic acids is 1. The molecule has 4 nitrogen and oxygen atoms in total. The third-order valence-electron chi connectivity index (χ3n) is 2.21. The summed E-state index contributed by atoms with van der Waals surface area (Å²) in [4.78, 5) is 15.4. The van der Waals surface area contributed by atoms with Crippen LogP contribution in [0.4, 0.5) is 15.9 Å². The van der Waals surface area contributed by atoms with Gasteiger partial charge in [-0.3, -0.25) is 4.79 Å². The first-order chi connectivity index (χ1) is 8.56. The monoisotopic (exact) mass is 309 g/mol. The average Bonchev–Trinajstić information content (AvgIpc) is 2.32. The summed E-state index contributed by atoms with van der Waals surface area (Å²) in [7, 11) is 0. The fourth-order valence-electron chi connectivity index (χ4n) is 1.35. The standard InChI is InChI=1S/C12H9BrFN3O/c13-8-5-4-7(6-9(8)15)12(18)17-11-3-1-2-10(14)16-11/h1-6H,15H2,(H,16,17,18). The summed E-state index contributed by atoms with van der Waals surface area (Å²) >= 11 is 3.24. The summed E-state index contributed by atoms with van der Waals surface area (Å²) < 4.78 is 13.6. The molecular weight excluding hydrogens is 301 g/mol. The predicted molar refractivity (Wildman–Crippen MR) is 70.7 cm³/mol. The summed E-state index contributed by atoms with van der Waals surface area (Å²) in [5.41, 5.74) is 6.50. The minimum absolute atomic E-state index is 0.154. The first-order valence-corrected chi connectivity index (χ1v) is 5.84. The minimum Gasteiger partial charge on any atom is -0.398 e. The second-order valence-corrected chi connectivity index (χ2v) is 4.39. The molecule has 0 bridgehead atoms. The SMILES string of the molecule is Nc1cc(C(=O)Nc2cccc(F)n2)ccc1Br. The number of aromatic nitrogens is 1. The zero-order chi connectivity index (χ0) is 13.1. The number of nitrogen functional groups attached to an aromatic ring is 1. The molecule has 6 heteroatoms. The maximum atomic E-state index is 12.8. The maximum absolute atomic E-state index is 12.8. The Morgan fingerprint density at radius 3 is 2.78 bits per heavy atom. The fourth-order valence-corrected chi connectivity index (χ4v) is 1.60. The molecule has 0 radical (unpaired) electrons. The summed E-state index contributed by atoms with van der Waals surface area (Å²) in [6.07, 6.45) is 0. The summed E-state index contributed by atoms with van der Waals surface area (Å²) in [6.45, 7) is 0. The van der Waals surface area contributed by atoms with Gasteiger partial charge in [0.2, 0.25) is 5.95 Å². The van der Waals surface area contributed by atoms with E-state index < -0.39 is 11.9 Å². The van der Waals surface area contributed by atoms with Gasteiger partial charge in [0.25, 0.3) is 5.91 Å². The first kappa shape index (κ1) is 12.5. The number of nitrogens with zero attached hydrogens (tertiary/aromatic N) is 1. The van der Waals surface area contributed by atoms with E-state index in [1.807, 2.05) is 0 Å². The maximum Gasteiger partial charge on any atom is 0.256 e. The number of nitrogens with one attached hydrogen (secondary N) is 1. The molecular formula is C12H9BrFN3O. The van der Waals surface area contributed by atoms with Crippen LogP contribution in [0.3, 0.4) is 0 Å². The van der Waals surface area contributed by atoms with Crippen LogP contribution in [0.5, 0.6) is 0 Å². The van der Waals surface area contributed by atoms with Gasteiger partial charge >= 0.3 is 0 Å². The van der Waals surface area contributed by atoms with Crippen LogP contribution in [0.2, 0.25) is 0 Å². The molecule has 0 aliphatic rings. The lowest BCUT2D eigenvalue weighted by Crippen LogP contribution is -2.13. The molecule has 1 aromatic carbocycles. The molecule has 2 aromatic rings. The third kappa shape index (κ3) is 2.84. The van der Waals surface area contributed by atoms with Crippen molar-refractivity contribution in [1.82, 2.24) is 4.98 Å². The number of hydrogen-bond donors (Lipinski definition) is 2. The van der Waals surface area contributed by atoms with Crippen molar-refractivity contribution in [1.29, 1.82) is 0 Å². The predicted octanol–water partition coefficient (Wildman–Crippen LogP) is 2.82. The fraction of sp³-hybridized carbons (Fsp3) is 0. The lowest BCUT2D eigenvalue weighted by molar-refractivity contribution is 0.102. The van der Waals surface area contributed by atoms with Gasteiger partial charge in [-0.1, -0.05) is 6.07 Å². The number of amides is 1. The molecule has 3 N–H and O–H groups in total. The summed E-state index contributed by atoms with van der Waals surface area (Å²) in [5, 5.41) is 2.48. The number of pyridine rings is 1. The zero-order valence-electron chi connectivity index (χ0n) is 9.15. The molecule has 0 atom stereocenters. The molecule has 1 amide bonds. The summed E-state index contributed by atoms with van der Waals surface area (Å²) in [5.74, 6) is -0.892. The van der Waals surface area contributed by atoms with Gasteiger partial charge in [0.15, 0.2) is 0 Å². The first-order valence-electron chi connectivity index (χ1n) is 5.05. The molecule has 18 heavy (non-hydrogen) atoms. The van der Waals surface area contributed by atoms with E-state index in [4.69, 9.17) is 5.73 Å². The van der Waals surface area contributed by atoms with Crippen molar-refractivity contribution in [3.63, 3.8) is 0 Å². The van der Waals surface area contributed by atoms with E-state index >= 15 is 0 Å². The van der Waals surface area contributed by atoms with Gasteiger partial charge in [-0.05, 0) is 46.3 Å². The van der Waals surface area contributed by atoms with E-state index in [1.165, 1.54) is 24.3 Å².